The lowest BCUT2D eigenvalue weighted by Crippen LogP contribution is -1.88. The predicted molar refractivity (Wildman–Crippen MR) is 92.2 cm³/mol. The van der Waals surface area contributed by atoms with Gasteiger partial charge in [-0.3, -0.25) is 0 Å². The molecule has 0 radical (unpaired) electrons. The van der Waals surface area contributed by atoms with Crippen LogP contribution in [-0.2, 0) is 0 Å². The molecule has 0 bridgehead atoms. The lowest BCUT2D eigenvalue weighted by Gasteiger charge is -1.95. The normalized spacial score (nSPS) is 11.1. The molecule has 0 atom stereocenters. The van der Waals surface area contributed by atoms with E-state index in [9.17, 15) is 0 Å². The molecule has 3 rings (SSSR count). The Morgan fingerprint density at radius 2 is 1.76 bits per heavy atom. The largest absolute Gasteiger partial charge is 0.329 e. The number of halogens is 1. The molecule has 1 N–H and O–H groups in total. The van der Waals surface area contributed by atoms with Crippen LogP contribution in [-0.4, -0.2) is 15.9 Å². The van der Waals surface area contributed by atoms with Gasteiger partial charge < -0.3 is 4.98 Å². The molecular weight excluding hydrogens is 346 g/mol. The third-order valence-corrected chi connectivity index (χ3v) is 3.80. The van der Waals surface area contributed by atoms with Crippen molar-refractivity contribution in [2.45, 2.75) is 0 Å². The van der Waals surface area contributed by atoms with Crippen LogP contribution in [0, 0.1) is 4.77 Å². The van der Waals surface area contributed by atoms with E-state index in [2.05, 4.69) is 26.0 Å². The molecule has 5 heteroatoms. The molecule has 1 heterocycles. The molecule has 3 nitrogen and oxygen atoms in total. The quantitative estimate of drug-likeness (QED) is 0.527. The highest BCUT2D eigenvalue weighted by Gasteiger charge is 2.01. The summed E-state index contributed by atoms with van der Waals surface area (Å²) in [6.07, 6.45) is 3.68. The predicted octanol–water partition coefficient (Wildman–Crippen LogP) is 4.86. The SMILES string of the molecule is S=c1[nH]c(-c2ccccc2)cn1/N=C\c1ccc(Br)cc1. The molecule has 0 amide bonds. The second-order valence-electron chi connectivity index (χ2n) is 4.48. The molecule has 104 valence electrons. The fraction of sp³-hybridized carbons (Fsp3) is 0. The van der Waals surface area contributed by atoms with E-state index in [1.54, 1.807) is 10.9 Å². The summed E-state index contributed by atoms with van der Waals surface area (Å²) in [5.41, 5.74) is 3.05. The molecule has 0 aliphatic heterocycles. The van der Waals surface area contributed by atoms with Gasteiger partial charge in [0.05, 0.1) is 18.1 Å². The molecule has 21 heavy (non-hydrogen) atoms. The van der Waals surface area contributed by atoms with Gasteiger partial charge in [-0.1, -0.05) is 58.4 Å². The average molecular weight is 358 g/mol. The highest BCUT2D eigenvalue weighted by Crippen LogP contribution is 2.16. The van der Waals surface area contributed by atoms with E-state index < -0.39 is 0 Å². The maximum absolute atomic E-state index is 5.30. The fourth-order valence-electron chi connectivity index (χ4n) is 1.91. The van der Waals surface area contributed by atoms with Gasteiger partial charge in [-0.15, -0.1) is 0 Å². The first-order valence-corrected chi connectivity index (χ1v) is 7.59. The Hall–Kier alpha value is -1.98. The Balaban J connectivity index is 1.88. The lowest BCUT2D eigenvalue weighted by molar-refractivity contribution is 0.864. The summed E-state index contributed by atoms with van der Waals surface area (Å²) in [7, 11) is 0. The number of aromatic nitrogens is 2. The number of imidazole rings is 1. The number of rotatable bonds is 3. The van der Waals surface area contributed by atoms with Gasteiger partial charge in [0, 0.05) is 4.47 Å². The van der Waals surface area contributed by atoms with Crippen LogP contribution in [0.2, 0.25) is 0 Å². The number of nitrogens with one attached hydrogen (secondary N) is 1. The van der Waals surface area contributed by atoms with Crippen molar-refractivity contribution < 1.29 is 0 Å². The number of benzene rings is 2. The number of nitrogens with zero attached hydrogens (tertiary/aromatic N) is 2. The minimum absolute atomic E-state index is 0.571. The number of hydrogen-bond acceptors (Lipinski definition) is 2. The number of aromatic amines is 1. The van der Waals surface area contributed by atoms with Gasteiger partial charge in [0.1, 0.15) is 0 Å². The molecule has 0 saturated carbocycles. The summed E-state index contributed by atoms with van der Waals surface area (Å²) in [5.74, 6) is 0. The zero-order chi connectivity index (χ0) is 14.7. The summed E-state index contributed by atoms with van der Waals surface area (Å²) in [5, 5.41) is 4.39. The maximum Gasteiger partial charge on any atom is 0.198 e. The molecule has 0 aliphatic carbocycles. The summed E-state index contributed by atoms with van der Waals surface area (Å²) >= 11 is 8.71. The third-order valence-electron chi connectivity index (χ3n) is 2.99. The van der Waals surface area contributed by atoms with Crippen LogP contribution in [0.25, 0.3) is 11.3 Å². The van der Waals surface area contributed by atoms with E-state index in [0.29, 0.717) is 4.77 Å². The topological polar surface area (TPSA) is 33.1 Å². The highest BCUT2D eigenvalue weighted by molar-refractivity contribution is 9.10. The van der Waals surface area contributed by atoms with Gasteiger partial charge in [-0.25, -0.2) is 4.68 Å². The number of hydrogen-bond donors (Lipinski definition) is 1. The van der Waals surface area contributed by atoms with Gasteiger partial charge in [0.15, 0.2) is 4.77 Å². The molecule has 1 aromatic heterocycles. The van der Waals surface area contributed by atoms with Crippen LogP contribution in [0.1, 0.15) is 5.56 Å². The van der Waals surface area contributed by atoms with E-state index in [0.717, 1.165) is 21.3 Å². The molecule has 3 aromatic rings. The zero-order valence-corrected chi connectivity index (χ0v) is 13.4. The van der Waals surface area contributed by atoms with Crippen molar-refractivity contribution in [3.8, 4) is 11.3 Å². The van der Waals surface area contributed by atoms with Gasteiger partial charge in [-0.2, -0.15) is 5.10 Å². The van der Waals surface area contributed by atoms with Crippen molar-refractivity contribution in [1.29, 1.82) is 0 Å². The van der Waals surface area contributed by atoms with E-state index in [-0.39, 0.29) is 0 Å². The minimum Gasteiger partial charge on any atom is -0.329 e. The molecule has 0 spiro atoms. The summed E-state index contributed by atoms with van der Waals surface area (Å²) in [6.45, 7) is 0. The van der Waals surface area contributed by atoms with Gasteiger partial charge in [-0.05, 0) is 35.5 Å². The van der Waals surface area contributed by atoms with Crippen molar-refractivity contribution in [1.82, 2.24) is 9.66 Å². The summed E-state index contributed by atoms with van der Waals surface area (Å²) < 4.78 is 3.28. The van der Waals surface area contributed by atoms with Gasteiger partial charge in [0.25, 0.3) is 0 Å². The Bertz CT molecular complexity index is 817. The van der Waals surface area contributed by atoms with Crippen LogP contribution < -0.4 is 0 Å². The lowest BCUT2D eigenvalue weighted by atomic mass is 10.2. The van der Waals surface area contributed by atoms with Crippen LogP contribution in [0.15, 0.2) is 70.4 Å². The van der Waals surface area contributed by atoms with Crippen LogP contribution in [0.3, 0.4) is 0 Å². The molecule has 0 aliphatic rings. The van der Waals surface area contributed by atoms with E-state index >= 15 is 0 Å². The van der Waals surface area contributed by atoms with E-state index in [4.69, 9.17) is 12.2 Å². The van der Waals surface area contributed by atoms with Crippen molar-refractivity contribution in [3.63, 3.8) is 0 Å². The third kappa shape index (κ3) is 3.37. The second kappa shape index (κ2) is 6.20. The Kier molecular flexibility index (Phi) is 4.13. The molecule has 2 aromatic carbocycles. The zero-order valence-electron chi connectivity index (χ0n) is 11.0. The smallest absolute Gasteiger partial charge is 0.198 e. The standard InChI is InChI=1S/C16H12BrN3S/c17-14-8-6-12(7-9-14)10-18-20-11-15(19-16(20)21)13-4-2-1-3-5-13/h1-11H,(H,19,21)/b18-10-. The molecule has 0 saturated heterocycles. The Morgan fingerprint density at radius 1 is 1.05 bits per heavy atom. The van der Waals surface area contributed by atoms with Crippen molar-refractivity contribution in [2.24, 2.45) is 5.10 Å². The number of H-pyrrole nitrogens is 1. The Labute approximate surface area is 136 Å². The van der Waals surface area contributed by atoms with E-state index in [1.807, 2.05) is 60.8 Å². The first-order chi connectivity index (χ1) is 10.2. The molecular formula is C16H12BrN3S. The van der Waals surface area contributed by atoms with Gasteiger partial charge >= 0.3 is 0 Å². The van der Waals surface area contributed by atoms with Crippen LogP contribution >= 0.6 is 28.1 Å². The van der Waals surface area contributed by atoms with Crippen molar-refractivity contribution in [3.05, 3.63) is 75.6 Å². The van der Waals surface area contributed by atoms with Crippen LogP contribution in [0.4, 0.5) is 0 Å². The van der Waals surface area contributed by atoms with Crippen molar-refractivity contribution in [2.75, 3.05) is 0 Å². The molecule has 0 fully saturated rings. The Morgan fingerprint density at radius 3 is 2.48 bits per heavy atom. The average Bonchev–Trinajstić information content (AvgIpc) is 2.89. The van der Waals surface area contributed by atoms with E-state index in [1.165, 1.54) is 0 Å². The first-order valence-electron chi connectivity index (χ1n) is 6.39. The summed E-state index contributed by atoms with van der Waals surface area (Å²) in [6, 6.07) is 18.0. The van der Waals surface area contributed by atoms with Gasteiger partial charge in [0.2, 0.25) is 0 Å². The van der Waals surface area contributed by atoms with Crippen molar-refractivity contribution >= 4 is 34.4 Å². The highest BCUT2D eigenvalue weighted by atomic mass is 79.9. The minimum atomic E-state index is 0.571. The first kappa shape index (κ1) is 14.0. The molecule has 0 unspecified atom stereocenters. The van der Waals surface area contributed by atoms with Crippen LogP contribution in [0.5, 0.6) is 0 Å². The summed E-state index contributed by atoms with van der Waals surface area (Å²) in [4.78, 5) is 3.16. The maximum atomic E-state index is 5.30. The fourth-order valence-corrected chi connectivity index (χ4v) is 2.39. The second-order valence-corrected chi connectivity index (χ2v) is 5.78. The monoisotopic (exact) mass is 357 g/mol.